The number of aryl methyl sites for hydroxylation is 1. The Morgan fingerprint density at radius 3 is 2.42 bits per heavy atom. The van der Waals surface area contributed by atoms with E-state index in [2.05, 4.69) is 0 Å². The van der Waals surface area contributed by atoms with Gasteiger partial charge in [-0.05, 0) is 42.8 Å². The van der Waals surface area contributed by atoms with Crippen LogP contribution in [-0.2, 0) is 6.18 Å². The Morgan fingerprint density at radius 2 is 1.79 bits per heavy atom. The number of hydrogen-bond acceptors (Lipinski definition) is 1. The van der Waals surface area contributed by atoms with Crippen LogP contribution in [0, 0.1) is 6.92 Å². The van der Waals surface area contributed by atoms with Gasteiger partial charge < -0.3 is 4.74 Å². The molecule has 0 unspecified atom stereocenters. The van der Waals surface area contributed by atoms with Crippen LogP contribution in [0.1, 0.15) is 11.1 Å². The van der Waals surface area contributed by atoms with Crippen molar-refractivity contribution in [1.29, 1.82) is 0 Å². The second-order valence-corrected chi connectivity index (χ2v) is 4.47. The number of rotatable bonds is 2. The molecule has 5 heteroatoms. The van der Waals surface area contributed by atoms with Gasteiger partial charge in [-0.15, -0.1) is 0 Å². The highest BCUT2D eigenvalue weighted by atomic mass is 35.5. The summed E-state index contributed by atoms with van der Waals surface area (Å²) in [7, 11) is 0. The minimum absolute atomic E-state index is 0.0120. The minimum atomic E-state index is -4.42. The quantitative estimate of drug-likeness (QED) is 0.712. The molecule has 1 nitrogen and oxygen atoms in total. The molecule has 0 amide bonds. The predicted molar refractivity (Wildman–Crippen MR) is 67.7 cm³/mol. The molecule has 0 radical (unpaired) electrons. The van der Waals surface area contributed by atoms with E-state index in [-0.39, 0.29) is 10.8 Å². The van der Waals surface area contributed by atoms with E-state index in [9.17, 15) is 13.2 Å². The normalized spacial score (nSPS) is 11.4. The summed E-state index contributed by atoms with van der Waals surface area (Å²) < 4.78 is 43.2. The Balaban J connectivity index is 2.34. The van der Waals surface area contributed by atoms with Gasteiger partial charge in [0.15, 0.2) is 0 Å². The van der Waals surface area contributed by atoms with Crippen molar-refractivity contribution in [3.8, 4) is 11.5 Å². The summed E-state index contributed by atoms with van der Waals surface area (Å²) in [4.78, 5) is 0. The molecule has 0 saturated heterocycles. The minimum Gasteiger partial charge on any atom is -0.456 e. The molecule has 0 aliphatic carbocycles. The Bertz CT molecular complexity index is 593. The molecular formula is C14H10ClF3O. The van der Waals surface area contributed by atoms with Crippen LogP contribution in [0.5, 0.6) is 11.5 Å². The number of benzene rings is 2. The molecule has 0 fully saturated rings. The molecule has 0 atom stereocenters. The molecule has 0 N–H and O–H groups in total. The Labute approximate surface area is 113 Å². The molecule has 100 valence electrons. The number of alkyl halides is 3. The molecule has 0 aliphatic heterocycles. The molecule has 0 aliphatic rings. The maximum absolute atomic E-state index is 12.6. The zero-order chi connectivity index (χ0) is 14.0. The first-order valence-electron chi connectivity index (χ1n) is 5.47. The fourth-order valence-electron chi connectivity index (χ4n) is 1.56. The SMILES string of the molecule is Cc1cccc(Oc2cc(C(F)(F)F)ccc2Cl)c1. The monoisotopic (exact) mass is 286 g/mol. The van der Waals surface area contributed by atoms with Crippen molar-refractivity contribution < 1.29 is 17.9 Å². The maximum atomic E-state index is 12.6. The number of halogens is 4. The van der Waals surface area contributed by atoms with Crippen molar-refractivity contribution >= 4 is 11.6 Å². The fraction of sp³-hybridized carbons (Fsp3) is 0.143. The lowest BCUT2D eigenvalue weighted by Gasteiger charge is -2.12. The van der Waals surface area contributed by atoms with Gasteiger partial charge in [-0.2, -0.15) is 13.2 Å². The van der Waals surface area contributed by atoms with Crippen LogP contribution < -0.4 is 4.74 Å². The van der Waals surface area contributed by atoms with Crippen molar-refractivity contribution in [3.05, 3.63) is 58.6 Å². The predicted octanol–water partition coefficient (Wildman–Crippen LogP) is 5.46. The zero-order valence-electron chi connectivity index (χ0n) is 9.96. The fourth-order valence-corrected chi connectivity index (χ4v) is 1.72. The summed E-state index contributed by atoms with van der Waals surface area (Å²) in [5.41, 5.74) is 0.153. The topological polar surface area (TPSA) is 9.23 Å². The Kier molecular flexibility index (Phi) is 3.71. The number of ether oxygens (including phenoxy) is 1. The van der Waals surface area contributed by atoms with E-state index in [1.807, 2.05) is 13.0 Å². The second kappa shape index (κ2) is 5.13. The Hall–Kier alpha value is -1.68. The summed E-state index contributed by atoms with van der Waals surface area (Å²) in [6.45, 7) is 1.86. The van der Waals surface area contributed by atoms with Gasteiger partial charge in [-0.25, -0.2) is 0 Å². The van der Waals surface area contributed by atoms with E-state index in [0.29, 0.717) is 5.75 Å². The maximum Gasteiger partial charge on any atom is 0.416 e. The first-order chi connectivity index (χ1) is 8.86. The summed E-state index contributed by atoms with van der Waals surface area (Å²) in [5.74, 6) is 0.434. The third-order valence-electron chi connectivity index (χ3n) is 2.48. The van der Waals surface area contributed by atoms with Crippen molar-refractivity contribution in [2.24, 2.45) is 0 Å². The third-order valence-corrected chi connectivity index (χ3v) is 2.79. The smallest absolute Gasteiger partial charge is 0.416 e. The molecule has 0 saturated carbocycles. The average molecular weight is 287 g/mol. The highest BCUT2D eigenvalue weighted by molar-refractivity contribution is 6.32. The van der Waals surface area contributed by atoms with Gasteiger partial charge in [0.2, 0.25) is 0 Å². The highest BCUT2D eigenvalue weighted by Crippen LogP contribution is 2.36. The van der Waals surface area contributed by atoms with Gasteiger partial charge in [-0.3, -0.25) is 0 Å². The molecular weight excluding hydrogens is 277 g/mol. The van der Waals surface area contributed by atoms with Crippen LogP contribution in [-0.4, -0.2) is 0 Å². The van der Waals surface area contributed by atoms with Crippen molar-refractivity contribution in [1.82, 2.24) is 0 Å². The molecule has 2 aromatic rings. The lowest BCUT2D eigenvalue weighted by atomic mass is 10.2. The average Bonchev–Trinajstić information content (AvgIpc) is 2.30. The molecule has 2 rings (SSSR count). The van der Waals surface area contributed by atoms with Gasteiger partial charge in [0.1, 0.15) is 11.5 Å². The lowest BCUT2D eigenvalue weighted by Crippen LogP contribution is -2.04. The third kappa shape index (κ3) is 3.41. The zero-order valence-corrected chi connectivity index (χ0v) is 10.7. The van der Waals surface area contributed by atoms with Crippen LogP contribution in [0.2, 0.25) is 5.02 Å². The van der Waals surface area contributed by atoms with Crippen LogP contribution in [0.3, 0.4) is 0 Å². The van der Waals surface area contributed by atoms with Crippen molar-refractivity contribution in [2.75, 3.05) is 0 Å². The van der Waals surface area contributed by atoms with Gasteiger partial charge in [-0.1, -0.05) is 23.7 Å². The summed E-state index contributed by atoms with van der Waals surface area (Å²) in [6, 6.07) is 9.98. The summed E-state index contributed by atoms with van der Waals surface area (Å²) in [6.07, 6.45) is -4.42. The van der Waals surface area contributed by atoms with Crippen LogP contribution in [0.15, 0.2) is 42.5 Å². The first-order valence-corrected chi connectivity index (χ1v) is 5.85. The molecule has 2 aromatic carbocycles. The van der Waals surface area contributed by atoms with Crippen LogP contribution >= 0.6 is 11.6 Å². The van der Waals surface area contributed by atoms with Crippen molar-refractivity contribution in [2.45, 2.75) is 13.1 Å². The van der Waals surface area contributed by atoms with Gasteiger partial charge in [0.05, 0.1) is 10.6 Å². The van der Waals surface area contributed by atoms with Gasteiger partial charge in [0, 0.05) is 0 Å². The standard InChI is InChI=1S/C14H10ClF3O/c1-9-3-2-4-11(7-9)19-13-8-10(14(16,17)18)5-6-12(13)15/h2-8H,1H3. The molecule has 0 heterocycles. The van der Waals surface area contributed by atoms with Crippen LogP contribution in [0.25, 0.3) is 0 Å². The number of hydrogen-bond donors (Lipinski definition) is 0. The molecule has 0 spiro atoms. The Morgan fingerprint density at radius 1 is 1.05 bits per heavy atom. The summed E-state index contributed by atoms with van der Waals surface area (Å²) >= 11 is 5.84. The van der Waals surface area contributed by atoms with Crippen molar-refractivity contribution in [3.63, 3.8) is 0 Å². The van der Waals surface area contributed by atoms with E-state index in [1.54, 1.807) is 18.2 Å². The van der Waals surface area contributed by atoms with E-state index in [4.69, 9.17) is 16.3 Å². The van der Waals surface area contributed by atoms with E-state index in [1.165, 1.54) is 6.07 Å². The first kappa shape index (κ1) is 13.7. The van der Waals surface area contributed by atoms with Crippen LogP contribution in [0.4, 0.5) is 13.2 Å². The largest absolute Gasteiger partial charge is 0.456 e. The molecule has 19 heavy (non-hydrogen) atoms. The van der Waals surface area contributed by atoms with E-state index in [0.717, 1.165) is 17.7 Å². The lowest BCUT2D eigenvalue weighted by molar-refractivity contribution is -0.137. The molecule has 0 bridgehead atoms. The summed E-state index contributed by atoms with van der Waals surface area (Å²) in [5, 5.41) is 0.134. The molecule has 0 aromatic heterocycles. The van der Waals surface area contributed by atoms with Gasteiger partial charge >= 0.3 is 6.18 Å². The van der Waals surface area contributed by atoms with Gasteiger partial charge in [0.25, 0.3) is 0 Å². The highest BCUT2D eigenvalue weighted by Gasteiger charge is 2.31. The second-order valence-electron chi connectivity index (χ2n) is 4.06. The van der Waals surface area contributed by atoms with E-state index < -0.39 is 11.7 Å². The van der Waals surface area contributed by atoms with E-state index >= 15 is 0 Å².